The van der Waals surface area contributed by atoms with Crippen LogP contribution < -0.4 is 15.4 Å². The van der Waals surface area contributed by atoms with Crippen LogP contribution in [0.2, 0.25) is 0 Å². The Morgan fingerprint density at radius 1 is 1.21 bits per heavy atom. The monoisotopic (exact) mass is 531 g/mol. The first kappa shape index (κ1) is 26.2. The smallest absolute Gasteiger partial charge is 0.251 e. The molecule has 202 valence electrons. The van der Waals surface area contributed by atoms with Gasteiger partial charge in [-0.25, -0.2) is 4.39 Å². The fourth-order valence-electron chi connectivity index (χ4n) is 5.04. The van der Waals surface area contributed by atoms with Crippen molar-refractivity contribution >= 4 is 28.4 Å². The van der Waals surface area contributed by atoms with Gasteiger partial charge < -0.3 is 20.5 Å². The largest absolute Gasteiger partial charge is 0.506 e. The molecule has 2 heterocycles. The maximum atomic E-state index is 14.5. The second kappa shape index (κ2) is 11.1. The van der Waals surface area contributed by atoms with E-state index in [1.54, 1.807) is 42.5 Å². The number of benzene rings is 3. The minimum Gasteiger partial charge on any atom is -0.506 e. The highest BCUT2D eigenvalue weighted by molar-refractivity contribution is 6.02. The van der Waals surface area contributed by atoms with Gasteiger partial charge in [-0.1, -0.05) is 6.07 Å². The minimum atomic E-state index is -0.303. The number of aromatic hydroxyl groups is 1. The van der Waals surface area contributed by atoms with Gasteiger partial charge in [-0.3, -0.25) is 19.6 Å². The summed E-state index contributed by atoms with van der Waals surface area (Å²) in [7, 11) is 1.53. The average Bonchev–Trinajstić information content (AvgIpc) is 3.34. The van der Waals surface area contributed by atoms with Gasteiger partial charge in [-0.2, -0.15) is 5.10 Å². The Morgan fingerprint density at radius 2 is 2.05 bits per heavy atom. The molecule has 39 heavy (non-hydrogen) atoms. The maximum Gasteiger partial charge on any atom is 0.251 e. The number of methoxy groups -OCH3 is 1. The van der Waals surface area contributed by atoms with Crippen molar-refractivity contribution in [3.63, 3.8) is 0 Å². The number of anilines is 1. The molecule has 0 radical (unpaired) electrons. The maximum absolute atomic E-state index is 14.5. The van der Waals surface area contributed by atoms with Crippen LogP contribution >= 0.6 is 0 Å². The van der Waals surface area contributed by atoms with Crippen LogP contribution in [0.25, 0.3) is 22.2 Å². The zero-order chi connectivity index (χ0) is 27.5. The minimum absolute atomic E-state index is 0.0520. The molecule has 2 amide bonds. The summed E-state index contributed by atoms with van der Waals surface area (Å²) in [5, 5.41) is 23.9. The number of ether oxygens (including phenoxy) is 1. The summed E-state index contributed by atoms with van der Waals surface area (Å²) in [6, 6.07) is 14.9. The Bertz CT molecular complexity index is 1540. The van der Waals surface area contributed by atoms with Crippen LogP contribution in [0, 0.1) is 5.82 Å². The highest BCUT2D eigenvalue weighted by atomic mass is 19.1. The third-order valence-electron chi connectivity index (χ3n) is 6.92. The highest BCUT2D eigenvalue weighted by Crippen LogP contribution is 2.33. The number of carbonyl (C=O) groups excluding carboxylic acids is 2. The summed E-state index contributed by atoms with van der Waals surface area (Å²) in [6.45, 7) is 3.17. The number of aromatic nitrogens is 2. The number of H-pyrrole nitrogens is 1. The molecule has 0 spiro atoms. The van der Waals surface area contributed by atoms with E-state index in [9.17, 15) is 19.1 Å². The normalized spacial score (nSPS) is 15.7. The number of carbonyl (C=O) groups is 2. The van der Waals surface area contributed by atoms with Crippen LogP contribution in [0.15, 0.2) is 54.6 Å². The number of rotatable bonds is 7. The Balaban J connectivity index is 1.32. The molecule has 1 aromatic heterocycles. The number of nitrogens with zero attached hydrogens (tertiary/aromatic N) is 2. The van der Waals surface area contributed by atoms with Gasteiger partial charge in [0.05, 0.1) is 24.0 Å². The predicted octanol–water partition coefficient (Wildman–Crippen LogP) is 4.44. The zero-order valence-electron chi connectivity index (χ0n) is 21.8. The standard InChI is InChI=1S/C29H30FN5O4/c1-17(36)31-25-14-18(9-11-26(25)37)28-21-13-19(8-10-24(21)33-34-28)29(38)32-20-5-4-12-35(15-20)16-22-23(30)6-3-7-27(22)39-2/h3,6-11,13-14,20,37H,4-5,12,15-16H2,1-2H3,(H,31,36)(H,32,38)(H,33,34)/t20-/m1/s1. The van der Waals surface area contributed by atoms with Crippen LogP contribution in [-0.4, -0.2) is 58.3 Å². The third-order valence-corrected chi connectivity index (χ3v) is 6.92. The van der Waals surface area contributed by atoms with Crippen LogP contribution in [0.4, 0.5) is 10.1 Å². The van der Waals surface area contributed by atoms with Crippen LogP contribution in [-0.2, 0) is 11.3 Å². The van der Waals surface area contributed by atoms with Crippen molar-refractivity contribution < 1.29 is 23.8 Å². The Kier molecular flexibility index (Phi) is 7.47. The molecule has 1 atom stereocenters. The summed E-state index contributed by atoms with van der Waals surface area (Å²) >= 11 is 0. The van der Waals surface area contributed by atoms with Gasteiger partial charge in [0.25, 0.3) is 5.91 Å². The van der Waals surface area contributed by atoms with Crippen molar-refractivity contribution in [3.05, 3.63) is 71.5 Å². The van der Waals surface area contributed by atoms with Gasteiger partial charge in [-0.15, -0.1) is 0 Å². The quantitative estimate of drug-likeness (QED) is 0.262. The number of hydrogen-bond acceptors (Lipinski definition) is 6. The highest BCUT2D eigenvalue weighted by Gasteiger charge is 2.24. The molecule has 10 heteroatoms. The number of amides is 2. The Labute approximate surface area is 225 Å². The van der Waals surface area contributed by atoms with E-state index in [2.05, 4.69) is 25.7 Å². The van der Waals surface area contributed by atoms with E-state index in [0.717, 1.165) is 30.3 Å². The van der Waals surface area contributed by atoms with Gasteiger partial charge in [0.1, 0.15) is 17.3 Å². The van der Waals surface area contributed by atoms with Crippen molar-refractivity contribution in [2.75, 3.05) is 25.5 Å². The van der Waals surface area contributed by atoms with Crippen molar-refractivity contribution in [2.45, 2.75) is 32.4 Å². The number of phenols is 1. The molecule has 0 unspecified atom stereocenters. The van der Waals surface area contributed by atoms with Gasteiger partial charge in [0.2, 0.25) is 5.91 Å². The number of phenolic OH excluding ortho intramolecular Hbond substituents is 1. The molecule has 0 bridgehead atoms. The number of nitrogens with one attached hydrogen (secondary N) is 3. The lowest BCUT2D eigenvalue weighted by Crippen LogP contribution is -2.47. The molecular weight excluding hydrogens is 501 g/mol. The number of likely N-dealkylation sites (tertiary alicyclic amines) is 1. The molecule has 5 rings (SSSR count). The summed E-state index contributed by atoms with van der Waals surface area (Å²) < 4.78 is 19.8. The van der Waals surface area contributed by atoms with Gasteiger partial charge >= 0.3 is 0 Å². The molecule has 1 saturated heterocycles. The molecule has 9 nitrogen and oxygen atoms in total. The van der Waals surface area contributed by atoms with E-state index in [0.29, 0.717) is 41.2 Å². The zero-order valence-corrected chi connectivity index (χ0v) is 21.8. The predicted molar refractivity (Wildman–Crippen MR) is 146 cm³/mol. The second-order valence-corrected chi connectivity index (χ2v) is 9.71. The molecule has 1 aliphatic heterocycles. The Morgan fingerprint density at radius 3 is 2.85 bits per heavy atom. The molecule has 4 aromatic rings. The van der Waals surface area contributed by atoms with Crippen molar-refractivity contribution in [1.82, 2.24) is 20.4 Å². The topological polar surface area (TPSA) is 120 Å². The SMILES string of the molecule is COc1cccc(F)c1CN1CCC[C@@H](NC(=O)c2ccc3[nH]nc(-c4ccc(O)c(NC(C)=O)c4)c3c2)C1. The molecule has 1 aliphatic rings. The molecular formula is C29H30FN5O4. The van der Waals surface area contributed by atoms with E-state index in [4.69, 9.17) is 4.74 Å². The van der Waals surface area contributed by atoms with Crippen LogP contribution in [0.1, 0.15) is 35.7 Å². The lowest BCUT2D eigenvalue weighted by molar-refractivity contribution is -0.114. The summed E-state index contributed by atoms with van der Waals surface area (Å²) in [4.78, 5) is 26.9. The summed E-state index contributed by atoms with van der Waals surface area (Å²) in [5.41, 5.74) is 3.29. The lowest BCUT2D eigenvalue weighted by atomic mass is 10.0. The van der Waals surface area contributed by atoms with Crippen molar-refractivity contribution in [3.8, 4) is 22.8 Å². The van der Waals surface area contributed by atoms with E-state index in [1.165, 1.54) is 26.2 Å². The average molecular weight is 532 g/mol. The lowest BCUT2D eigenvalue weighted by Gasteiger charge is -2.33. The van der Waals surface area contributed by atoms with Crippen molar-refractivity contribution in [1.29, 1.82) is 0 Å². The number of piperidine rings is 1. The van der Waals surface area contributed by atoms with Crippen LogP contribution in [0.3, 0.4) is 0 Å². The first-order chi connectivity index (χ1) is 18.8. The second-order valence-electron chi connectivity index (χ2n) is 9.71. The first-order valence-corrected chi connectivity index (χ1v) is 12.8. The summed E-state index contributed by atoms with van der Waals surface area (Å²) in [6.07, 6.45) is 1.71. The van der Waals surface area contributed by atoms with Gasteiger partial charge in [0.15, 0.2) is 0 Å². The van der Waals surface area contributed by atoms with Gasteiger partial charge in [-0.05, 0) is 67.9 Å². The third kappa shape index (κ3) is 5.70. The first-order valence-electron chi connectivity index (χ1n) is 12.8. The van der Waals surface area contributed by atoms with E-state index in [1.807, 2.05) is 0 Å². The van der Waals surface area contributed by atoms with Crippen LogP contribution in [0.5, 0.6) is 11.5 Å². The van der Waals surface area contributed by atoms with E-state index < -0.39 is 0 Å². The number of fused-ring (bicyclic) bond motifs is 1. The number of aromatic amines is 1. The molecule has 0 aliphatic carbocycles. The molecule has 4 N–H and O–H groups in total. The van der Waals surface area contributed by atoms with Gasteiger partial charge in [0, 0.05) is 48.1 Å². The molecule has 3 aromatic carbocycles. The summed E-state index contributed by atoms with van der Waals surface area (Å²) in [5.74, 6) is -0.346. The fourth-order valence-corrected chi connectivity index (χ4v) is 5.04. The molecule has 1 fully saturated rings. The van der Waals surface area contributed by atoms with E-state index >= 15 is 0 Å². The fraction of sp³-hybridized carbons (Fsp3) is 0.276. The Hall–Kier alpha value is -4.44. The number of halogens is 1. The number of hydrogen-bond donors (Lipinski definition) is 4. The van der Waals surface area contributed by atoms with E-state index in [-0.39, 0.29) is 35.1 Å². The molecule has 0 saturated carbocycles. The van der Waals surface area contributed by atoms with Crippen molar-refractivity contribution in [2.24, 2.45) is 0 Å².